The predicted molar refractivity (Wildman–Crippen MR) is 73.4 cm³/mol. The molecule has 0 atom stereocenters. The maximum atomic E-state index is 11.4. The molecule has 0 radical (unpaired) electrons. The first-order chi connectivity index (χ1) is 8.95. The van der Waals surface area contributed by atoms with Crippen molar-refractivity contribution in [3.8, 4) is 0 Å². The number of benzene rings is 1. The van der Waals surface area contributed by atoms with Crippen molar-refractivity contribution in [2.75, 3.05) is 44.5 Å². The minimum absolute atomic E-state index is 0.0237. The van der Waals surface area contributed by atoms with Crippen LogP contribution in [0.2, 0.25) is 0 Å². The molecule has 0 unspecified atom stereocenters. The summed E-state index contributed by atoms with van der Waals surface area (Å²) >= 11 is 0. The Labute approximate surface area is 112 Å². The van der Waals surface area contributed by atoms with Crippen LogP contribution in [0, 0.1) is 0 Å². The van der Waals surface area contributed by atoms with Crippen LogP contribution >= 0.6 is 0 Å². The van der Waals surface area contributed by atoms with Crippen molar-refractivity contribution in [2.45, 2.75) is 4.90 Å². The number of anilines is 2. The van der Waals surface area contributed by atoms with Crippen LogP contribution < -0.4 is 16.2 Å². The SMILES string of the molecule is COCCOCCNc1ccc(N)cc1S(N)(=O)=O. The maximum Gasteiger partial charge on any atom is 0.240 e. The molecule has 0 fully saturated rings. The van der Waals surface area contributed by atoms with E-state index in [0.717, 1.165) is 0 Å². The van der Waals surface area contributed by atoms with Crippen LogP contribution in [-0.2, 0) is 19.5 Å². The van der Waals surface area contributed by atoms with E-state index in [1.807, 2.05) is 0 Å². The molecule has 1 aromatic carbocycles. The Bertz CT molecular complexity index is 505. The molecular weight excluding hydrogens is 270 g/mol. The second-order valence-corrected chi connectivity index (χ2v) is 5.36. The fourth-order valence-electron chi connectivity index (χ4n) is 1.42. The summed E-state index contributed by atoms with van der Waals surface area (Å²) in [7, 11) is -2.22. The van der Waals surface area contributed by atoms with Crippen LogP contribution in [0.3, 0.4) is 0 Å². The second-order valence-electron chi connectivity index (χ2n) is 3.83. The summed E-state index contributed by atoms with van der Waals surface area (Å²) in [6.45, 7) is 1.89. The molecule has 0 saturated carbocycles. The molecule has 0 aliphatic heterocycles. The third-order valence-electron chi connectivity index (χ3n) is 2.31. The molecular formula is C11H19N3O4S. The summed E-state index contributed by atoms with van der Waals surface area (Å²) in [5, 5.41) is 8.07. The fraction of sp³-hybridized carbons (Fsp3) is 0.455. The minimum Gasteiger partial charge on any atom is -0.399 e. The summed E-state index contributed by atoms with van der Waals surface area (Å²) in [5.74, 6) is 0. The first kappa shape index (κ1) is 15.7. The Morgan fingerprint density at radius 3 is 2.63 bits per heavy atom. The number of primary sulfonamides is 1. The molecule has 0 aromatic heterocycles. The van der Waals surface area contributed by atoms with E-state index < -0.39 is 10.0 Å². The zero-order chi connectivity index (χ0) is 14.3. The zero-order valence-electron chi connectivity index (χ0n) is 10.8. The second kappa shape index (κ2) is 7.29. The standard InChI is InChI=1S/C11H19N3O4S/c1-17-6-7-18-5-4-14-10-3-2-9(12)8-11(10)19(13,15)16/h2-3,8,14H,4-7,12H2,1H3,(H2,13,15,16). The van der Waals surface area contributed by atoms with E-state index in [0.29, 0.717) is 37.7 Å². The van der Waals surface area contributed by atoms with Gasteiger partial charge in [0.25, 0.3) is 0 Å². The van der Waals surface area contributed by atoms with Gasteiger partial charge in [0.1, 0.15) is 4.90 Å². The average molecular weight is 289 g/mol. The number of rotatable bonds is 8. The molecule has 0 bridgehead atoms. The van der Waals surface area contributed by atoms with Gasteiger partial charge in [0, 0.05) is 19.3 Å². The molecule has 0 aliphatic rings. The van der Waals surface area contributed by atoms with Crippen LogP contribution in [-0.4, -0.2) is 41.9 Å². The summed E-state index contributed by atoms with van der Waals surface area (Å²) < 4.78 is 32.9. The lowest BCUT2D eigenvalue weighted by molar-refractivity contribution is 0.0759. The Morgan fingerprint density at radius 2 is 2.00 bits per heavy atom. The normalized spacial score (nSPS) is 11.5. The summed E-state index contributed by atoms with van der Waals surface area (Å²) in [6.07, 6.45) is 0. The lowest BCUT2D eigenvalue weighted by atomic mass is 10.3. The van der Waals surface area contributed by atoms with Gasteiger partial charge in [-0.05, 0) is 18.2 Å². The molecule has 0 amide bonds. The molecule has 0 saturated heterocycles. The predicted octanol–water partition coefficient (Wildman–Crippen LogP) is -0.00890. The Morgan fingerprint density at radius 1 is 1.26 bits per heavy atom. The molecule has 108 valence electrons. The van der Waals surface area contributed by atoms with Crippen LogP contribution in [0.5, 0.6) is 0 Å². The van der Waals surface area contributed by atoms with Gasteiger partial charge in [-0.1, -0.05) is 0 Å². The number of nitrogen functional groups attached to an aromatic ring is 1. The summed E-state index contributed by atoms with van der Waals surface area (Å²) in [5.41, 5.74) is 6.30. The fourth-order valence-corrected chi connectivity index (χ4v) is 2.17. The van der Waals surface area contributed by atoms with Crippen LogP contribution in [0.4, 0.5) is 11.4 Å². The number of sulfonamides is 1. The van der Waals surface area contributed by atoms with Crippen molar-refractivity contribution in [3.63, 3.8) is 0 Å². The van der Waals surface area contributed by atoms with Crippen molar-refractivity contribution in [3.05, 3.63) is 18.2 Å². The highest BCUT2D eigenvalue weighted by atomic mass is 32.2. The number of nitrogens with two attached hydrogens (primary N) is 2. The van der Waals surface area contributed by atoms with Crippen molar-refractivity contribution in [2.24, 2.45) is 5.14 Å². The molecule has 1 rings (SSSR count). The van der Waals surface area contributed by atoms with Gasteiger partial charge in [0.05, 0.1) is 25.5 Å². The number of hydrogen-bond acceptors (Lipinski definition) is 6. The van der Waals surface area contributed by atoms with E-state index in [1.165, 1.54) is 6.07 Å². The maximum absolute atomic E-state index is 11.4. The third kappa shape index (κ3) is 5.43. The van der Waals surface area contributed by atoms with Gasteiger partial charge in [-0.25, -0.2) is 13.6 Å². The van der Waals surface area contributed by atoms with Crippen LogP contribution in [0.1, 0.15) is 0 Å². The largest absolute Gasteiger partial charge is 0.399 e. The van der Waals surface area contributed by atoms with Gasteiger partial charge in [-0.3, -0.25) is 0 Å². The first-order valence-corrected chi connectivity index (χ1v) is 7.22. The highest BCUT2D eigenvalue weighted by Gasteiger charge is 2.13. The number of hydrogen-bond donors (Lipinski definition) is 3. The summed E-state index contributed by atoms with van der Waals surface area (Å²) in [4.78, 5) is -0.0237. The van der Waals surface area contributed by atoms with Gasteiger partial charge in [-0.2, -0.15) is 0 Å². The van der Waals surface area contributed by atoms with E-state index in [2.05, 4.69) is 5.32 Å². The molecule has 19 heavy (non-hydrogen) atoms. The van der Waals surface area contributed by atoms with Crippen molar-refractivity contribution in [1.29, 1.82) is 0 Å². The Balaban J connectivity index is 2.59. The molecule has 0 heterocycles. The minimum atomic E-state index is -3.81. The smallest absolute Gasteiger partial charge is 0.240 e. The molecule has 7 nitrogen and oxygen atoms in total. The molecule has 5 N–H and O–H groups in total. The number of nitrogens with one attached hydrogen (secondary N) is 1. The van der Waals surface area contributed by atoms with Gasteiger partial charge >= 0.3 is 0 Å². The van der Waals surface area contributed by atoms with Crippen LogP contribution in [0.25, 0.3) is 0 Å². The van der Waals surface area contributed by atoms with Gasteiger partial charge in [0.15, 0.2) is 0 Å². The van der Waals surface area contributed by atoms with E-state index >= 15 is 0 Å². The quantitative estimate of drug-likeness (QED) is 0.458. The third-order valence-corrected chi connectivity index (χ3v) is 3.26. The number of ether oxygens (including phenoxy) is 2. The zero-order valence-corrected chi connectivity index (χ0v) is 11.6. The Kier molecular flexibility index (Phi) is 6.03. The van der Waals surface area contributed by atoms with Crippen molar-refractivity contribution >= 4 is 21.4 Å². The van der Waals surface area contributed by atoms with E-state index in [4.69, 9.17) is 20.3 Å². The monoisotopic (exact) mass is 289 g/mol. The van der Waals surface area contributed by atoms with E-state index in [1.54, 1.807) is 19.2 Å². The van der Waals surface area contributed by atoms with Gasteiger partial charge in [0.2, 0.25) is 10.0 Å². The lowest BCUT2D eigenvalue weighted by Crippen LogP contribution is -2.17. The van der Waals surface area contributed by atoms with Crippen molar-refractivity contribution in [1.82, 2.24) is 0 Å². The number of methoxy groups -OCH3 is 1. The highest BCUT2D eigenvalue weighted by Crippen LogP contribution is 2.22. The average Bonchev–Trinajstić information content (AvgIpc) is 2.34. The Hall–Kier alpha value is -1.35. The molecule has 1 aromatic rings. The van der Waals surface area contributed by atoms with Gasteiger partial charge < -0.3 is 20.5 Å². The van der Waals surface area contributed by atoms with Crippen molar-refractivity contribution < 1.29 is 17.9 Å². The lowest BCUT2D eigenvalue weighted by Gasteiger charge is -2.11. The van der Waals surface area contributed by atoms with E-state index in [9.17, 15) is 8.42 Å². The summed E-state index contributed by atoms with van der Waals surface area (Å²) in [6, 6.07) is 4.50. The molecule has 0 spiro atoms. The van der Waals surface area contributed by atoms with Crippen LogP contribution in [0.15, 0.2) is 23.1 Å². The first-order valence-electron chi connectivity index (χ1n) is 5.68. The highest BCUT2D eigenvalue weighted by molar-refractivity contribution is 7.89. The van der Waals surface area contributed by atoms with Gasteiger partial charge in [-0.15, -0.1) is 0 Å². The van der Waals surface area contributed by atoms with E-state index in [-0.39, 0.29) is 4.90 Å². The topological polar surface area (TPSA) is 117 Å². The molecule has 0 aliphatic carbocycles. The molecule has 8 heteroatoms.